The number of carbonyl (C=O) groups is 4. The predicted octanol–water partition coefficient (Wildman–Crippen LogP) is 2.94. The van der Waals surface area contributed by atoms with E-state index in [1.54, 1.807) is 0 Å². The average molecular weight is 671 g/mol. The van der Waals surface area contributed by atoms with Crippen LogP contribution in [0.15, 0.2) is 72.8 Å². The predicted molar refractivity (Wildman–Crippen MR) is 176 cm³/mol. The van der Waals surface area contributed by atoms with Crippen molar-refractivity contribution in [3.63, 3.8) is 0 Å². The number of benzene rings is 3. The first kappa shape index (κ1) is 35.0. The number of carbonyl (C=O) groups excluding carboxylic acids is 4. The molecule has 246 valence electrons. The van der Waals surface area contributed by atoms with E-state index in [1.165, 1.54) is 4.90 Å². The van der Waals surface area contributed by atoms with Crippen molar-refractivity contribution in [2.45, 2.75) is 50.2 Å². The zero-order chi connectivity index (χ0) is 33.1. The summed E-state index contributed by atoms with van der Waals surface area (Å²) >= 11 is 0.807. The molecule has 0 radical (unpaired) electrons. The van der Waals surface area contributed by atoms with Gasteiger partial charge in [0.05, 0.1) is 12.1 Å². The highest BCUT2D eigenvalue weighted by Gasteiger charge is 2.37. The average Bonchev–Trinajstić information content (AvgIpc) is 3.03. The third-order valence-corrected chi connectivity index (χ3v) is 10.2. The van der Waals surface area contributed by atoms with E-state index in [0.717, 1.165) is 33.7 Å². The lowest BCUT2D eigenvalue weighted by atomic mass is 9.98. The number of likely N-dealkylation sites (tertiary alicyclic amines) is 1. The Hall–Kier alpha value is -3.90. The summed E-state index contributed by atoms with van der Waals surface area (Å²) in [5, 5.41) is 7.26. The van der Waals surface area contributed by atoms with Crippen LogP contribution in [-0.4, -0.2) is 81.0 Å². The van der Waals surface area contributed by atoms with Gasteiger partial charge in [-0.05, 0) is 41.2 Å². The van der Waals surface area contributed by atoms with Crippen molar-refractivity contribution in [2.75, 3.05) is 24.4 Å². The Morgan fingerprint density at radius 2 is 1.65 bits per heavy atom. The highest BCUT2D eigenvalue weighted by Crippen LogP contribution is 2.38. The molecule has 0 aliphatic carbocycles. The maximum atomic E-state index is 13.8. The van der Waals surface area contributed by atoms with Crippen LogP contribution in [0.4, 0.5) is 4.79 Å². The smallest absolute Gasteiger partial charge is 0.407 e. The van der Waals surface area contributed by atoms with Crippen molar-refractivity contribution < 1.29 is 38.3 Å². The molecule has 14 heteroatoms. The van der Waals surface area contributed by atoms with Crippen molar-refractivity contribution >= 4 is 53.9 Å². The molecule has 3 aromatic carbocycles. The lowest BCUT2D eigenvalue weighted by Gasteiger charge is -2.37. The molecule has 4 amide bonds. The van der Waals surface area contributed by atoms with Crippen LogP contribution < -0.4 is 16.4 Å². The topological polar surface area (TPSA) is 188 Å². The van der Waals surface area contributed by atoms with Crippen LogP contribution in [0.1, 0.15) is 30.4 Å². The van der Waals surface area contributed by atoms with E-state index in [0.29, 0.717) is 25.7 Å². The van der Waals surface area contributed by atoms with E-state index in [-0.39, 0.29) is 25.3 Å². The Morgan fingerprint density at radius 1 is 0.935 bits per heavy atom. The second kappa shape index (κ2) is 16.6. The van der Waals surface area contributed by atoms with Gasteiger partial charge in [0, 0.05) is 25.1 Å². The van der Waals surface area contributed by atoms with Crippen molar-refractivity contribution in [1.82, 2.24) is 15.5 Å². The number of amides is 4. The fourth-order valence-corrected chi connectivity index (χ4v) is 7.15. The lowest BCUT2D eigenvalue weighted by molar-refractivity contribution is -0.144. The number of nitrogens with two attached hydrogens (primary N) is 1. The molecule has 4 rings (SSSR count). The van der Waals surface area contributed by atoms with Crippen molar-refractivity contribution in [3.8, 4) is 0 Å². The molecule has 1 aliphatic heterocycles. The van der Waals surface area contributed by atoms with Gasteiger partial charge in [0.2, 0.25) is 17.7 Å². The number of primary amides is 1. The number of thioether (sulfide) groups is 1. The highest BCUT2D eigenvalue weighted by molar-refractivity contribution is 8.04. The molecule has 6 N–H and O–H groups in total. The van der Waals surface area contributed by atoms with Gasteiger partial charge in [0.1, 0.15) is 18.1 Å². The summed E-state index contributed by atoms with van der Waals surface area (Å²) in [5.41, 5.74) is 6.88. The molecule has 1 fully saturated rings. The fourth-order valence-electron chi connectivity index (χ4n) is 5.31. The van der Waals surface area contributed by atoms with Crippen molar-refractivity contribution in [1.29, 1.82) is 0 Å². The standard InChI is InChI=1S/C32H39N4O8PS/c33-29(37)26(19-23-13-14-24-10-4-5-11-25(24)18-23)34-30(38)28-12-6-7-16-36(28)31(39)27(20-46-21-45(41,42)43)35-32(40)44-17-15-22-8-2-1-3-9-22/h1-5,8-11,13-14,18,26-28H,6-7,12,15-17,19-21H2,(H2,33,37)(H,34,38)(H,35,40)(H2,41,42,43). The molecule has 3 unspecified atom stereocenters. The van der Waals surface area contributed by atoms with Gasteiger partial charge in [-0.15, -0.1) is 11.8 Å². The normalized spacial score (nSPS) is 16.3. The molecule has 0 saturated carbocycles. The largest absolute Gasteiger partial charge is 0.449 e. The van der Waals surface area contributed by atoms with Crippen LogP contribution in [0.5, 0.6) is 0 Å². The molecular formula is C32H39N4O8PS. The van der Waals surface area contributed by atoms with Crippen molar-refractivity contribution in [2.24, 2.45) is 5.73 Å². The molecule has 1 saturated heterocycles. The van der Waals surface area contributed by atoms with E-state index < -0.39 is 55.0 Å². The van der Waals surface area contributed by atoms with Gasteiger partial charge in [-0.2, -0.15) is 0 Å². The maximum absolute atomic E-state index is 13.8. The number of rotatable bonds is 14. The number of ether oxygens (including phenoxy) is 1. The van der Waals surface area contributed by atoms with Crippen molar-refractivity contribution in [3.05, 3.63) is 83.9 Å². The van der Waals surface area contributed by atoms with E-state index in [1.807, 2.05) is 72.8 Å². The Morgan fingerprint density at radius 3 is 2.37 bits per heavy atom. The van der Waals surface area contributed by atoms with E-state index in [4.69, 9.17) is 10.5 Å². The minimum atomic E-state index is -4.38. The van der Waals surface area contributed by atoms with Crippen LogP contribution in [0.2, 0.25) is 0 Å². The Kier molecular flexibility index (Phi) is 12.6. The van der Waals surface area contributed by atoms with Gasteiger partial charge in [0.25, 0.3) is 0 Å². The number of fused-ring (bicyclic) bond motifs is 1. The molecule has 0 spiro atoms. The van der Waals surface area contributed by atoms with Gasteiger partial charge < -0.3 is 35.8 Å². The SMILES string of the molecule is NC(=O)C(Cc1ccc2ccccc2c1)NC(=O)C1CCCCN1C(=O)C(CSCP(=O)(O)O)NC(=O)OCCc1ccccc1. The number of alkyl carbamates (subject to hydrolysis) is 1. The number of hydrogen-bond acceptors (Lipinski definition) is 7. The molecule has 46 heavy (non-hydrogen) atoms. The van der Waals surface area contributed by atoms with Crippen LogP contribution in [0.25, 0.3) is 10.8 Å². The summed E-state index contributed by atoms with van der Waals surface area (Å²) in [6.07, 6.45) is 1.33. The highest BCUT2D eigenvalue weighted by atomic mass is 32.2. The molecule has 0 bridgehead atoms. The van der Waals surface area contributed by atoms with Gasteiger partial charge >= 0.3 is 13.7 Å². The Labute approximate surface area is 271 Å². The van der Waals surface area contributed by atoms with Crippen LogP contribution in [0, 0.1) is 0 Å². The summed E-state index contributed by atoms with van der Waals surface area (Å²) in [7, 11) is -4.38. The van der Waals surface area contributed by atoms with Gasteiger partial charge in [-0.1, -0.05) is 72.8 Å². The number of nitrogens with zero attached hydrogens (tertiary/aromatic N) is 1. The number of hydrogen-bond donors (Lipinski definition) is 5. The minimum Gasteiger partial charge on any atom is -0.449 e. The van der Waals surface area contributed by atoms with Crippen LogP contribution in [0.3, 0.4) is 0 Å². The summed E-state index contributed by atoms with van der Waals surface area (Å²) in [6.45, 7) is 0.264. The van der Waals surface area contributed by atoms with Crippen LogP contribution >= 0.6 is 19.4 Å². The fraction of sp³-hybridized carbons (Fsp3) is 0.375. The number of piperidine rings is 1. The third-order valence-electron chi connectivity index (χ3n) is 7.60. The second-order valence-electron chi connectivity index (χ2n) is 11.1. The Bertz CT molecular complexity index is 1570. The zero-order valence-electron chi connectivity index (χ0n) is 25.2. The monoisotopic (exact) mass is 670 g/mol. The van der Waals surface area contributed by atoms with E-state index >= 15 is 0 Å². The number of nitrogens with one attached hydrogen (secondary N) is 2. The molecule has 3 atom stereocenters. The maximum Gasteiger partial charge on any atom is 0.407 e. The van der Waals surface area contributed by atoms with Gasteiger partial charge in [-0.3, -0.25) is 18.9 Å². The van der Waals surface area contributed by atoms with E-state index in [9.17, 15) is 33.5 Å². The summed E-state index contributed by atoms with van der Waals surface area (Å²) in [5.74, 6) is -2.02. The molecule has 0 aromatic heterocycles. The lowest BCUT2D eigenvalue weighted by Crippen LogP contribution is -2.60. The van der Waals surface area contributed by atoms with Crippen LogP contribution in [-0.2, 0) is 36.5 Å². The molecule has 1 aliphatic rings. The quantitative estimate of drug-likeness (QED) is 0.161. The molecular weight excluding hydrogens is 631 g/mol. The van der Waals surface area contributed by atoms with Gasteiger partial charge in [0.15, 0.2) is 0 Å². The third kappa shape index (κ3) is 10.6. The summed E-state index contributed by atoms with van der Waals surface area (Å²) < 4.78 is 16.7. The first-order valence-electron chi connectivity index (χ1n) is 15.0. The second-order valence-corrected chi connectivity index (χ2v) is 14.2. The first-order valence-corrected chi connectivity index (χ1v) is 17.9. The summed E-state index contributed by atoms with van der Waals surface area (Å²) in [4.78, 5) is 72.4. The Balaban J connectivity index is 1.43. The minimum absolute atomic E-state index is 0.0485. The van der Waals surface area contributed by atoms with Gasteiger partial charge in [-0.25, -0.2) is 4.79 Å². The molecule has 12 nitrogen and oxygen atoms in total. The van der Waals surface area contributed by atoms with E-state index in [2.05, 4.69) is 10.6 Å². The first-order chi connectivity index (χ1) is 22.0. The zero-order valence-corrected chi connectivity index (χ0v) is 27.0. The molecule has 1 heterocycles. The summed E-state index contributed by atoms with van der Waals surface area (Å²) in [6, 6.07) is 19.7. The molecule has 3 aromatic rings.